The maximum Gasteiger partial charge on any atom is 0.407 e. The largest absolute Gasteiger partial charge is 0.449 e. The Kier molecular flexibility index (Phi) is 6.82. The van der Waals surface area contributed by atoms with Gasteiger partial charge in [-0.3, -0.25) is 4.79 Å². The first-order valence-electron chi connectivity index (χ1n) is 10.7. The summed E-state index contributed by atoms with van der Waals surface area (Å²) >= 11 is 0. The smallest absolute Gasteiger partial charge is 0.407 e. The minimum absolute atomic E-state index is 0.0122. The minimum Gasteiger partial charge on any atom is -0.449 e. The number of rotatable bonds is 8. The molecule has 6 nitrogen and oxygen atoms in total. The van der Waals surface area contributed by atoms with Crippen LogP contribution in [0.4, 0.5) is 9.18 Å². The molecule has 1 amide bonds. The highest BCUT2D eigenvalue weighted by Gasteiger charge is 2.29. The predicted molar refractivity (Wildman–Crippen MR) is 120 cm³/mol. The number of aliphatic hydroxyl groups is 2. The summed E-state index contributed by atoms with van der Waals surface area (Å²) in [5.41, 5.74) is 4.63. The van der Waals surface area contributed by atoms with E-state index in [2.05, 4.69) is 17.4 Å². The number of carbonyl (C=O) groups is 2. The van der Waals surface area contributed by atoms with E-state index in [0.29, 0.717) is 6.29 Å². The van der Waals surface area contributed by atoms with Gasteiger partial charge in [-0.15, -0.1) is 0 Å². The molecule has 0 fully saturated rings. The second-order valence-corrected chi connectivity index (χ2v) is 7.99. The Labute approximate surface area is 190 Å². The Hall–Kier alpha value is -3.55. The first-order valence-corrected chi connectivity index (χ1v) is 10.7. The van der Waals surface area contributed by atoms with Crippen molar-refractivity contribution in [3.63, 3.8) is 0 Å². The second-order valence-electron chi connectivity index (χ2n) is 7.99. The summed E-state index contributed by atoms with van der Waals surface area (Å²) < 4.78 is 19.0. The molecule has 0 saturated heterocycles. The third-order valence-electron chi connectivity index (χ3n) is 5.84. The number of aliphatic hydroxyl groups excluding tert-OH is 2. The van der Waals surface area contributed by atoms with Crippen LogP contribution < -0.4 is 5.32 Å². The van der Waals surface area contributed by atoms with Crippen molar-refractivity contribution in [3.05, 3.63) is 94.8 Å². The molecule has 0 aromatic heterocycles. The zero-order valence-corrected chi connectivity index (χ0v) is 17.8. The molecule has 0 saturated carbocycles. The predicted octanol–water partition coefficient (Wildman–Crippen LogP) is 3.96. The van der Waals surface area contributed by atoms with Crippen molar-refractivity contribution >= 4 is 12.4 Å². The molecule has 2 unspecified atom stereocenters. The Bertz CT molecular complexity index is 1120. The molecule has 2 atom stereocenters. The molecule has 0 spiro atoms. The first kappa shape index (κ1) is 22.6. The summed E-state index contributed by atoms with van der Waals surface area (Å²) in [6.45, 7) is 0.216. The lowest BCUT2D eigenvalue weighted by Crippen LogP contribution is -2.30. The lowest BCUT2D eigenvalue weighted by atomic mass is 9.98. The van der Waals surface area contributed by atoms with Crippen LogP contribution in [0.5, 0.6) is 0 Å². The molecule has 0 bridgehead atoms. The van der Waals surface area contributed by atoms with Crippen LogP contribution >= 0.6 is 0 Å². The van der Waals surface area contributed by atoms with E-state index in [1.54, 1.807) is 0 Å². The van der Waals surface area contributed by atoms with E-state index in [4.69, 9.17) is 4.74 Å². The monoisotopic (exact) mass is 449 g/mol. The average molecular weight is 449 g/mol. The fourth-order valence-corrected chi connectivity index (χ4v) is 4.23. The lowest BCUT2D eigenvalue weighted by molar-refractivity contribution is 0.0135. The van der Waals surface area contributed by atoms with Gasteiger partial charge in [-0.2, -0.15) is 0 Å². The van der Waals surface area contributed by atoms with Crippen molar-refractivity contribution in [1.82, 2.24) is 5.32 Å². The standard InChI is InChI=1S/C26H24FNO5/c27-18-12-16(14-29)11-17(13-18)25(31)24(30)9-10-28-26(32)33-15-23-21-7-3-1-5-19(21)20-6-2-4-8-22(20)23/h1-8,11-14,23-25,30-31H,9-10,15H2,(H,28,32). The Morgan fingerprint density at radius 3 is 2.30 bits per heavy atom. The summed E-state index contributed by atoms with van der Waals surface area (Å²) in [6.07, 6.45) is -2.82. The van der Waals surface area contributed by atoms with Gasteiger partial charge in [-0.1, -0.05) is 48.5 Å². The van der Waals surface area contributed by atoms with Crippen molar-refractivity contribution in [2.45, 2.75) is 24.5 Å². The molecule has 3 aromatic carbocycles. The van der Waals surface area contributed by atoms with Crippen LogP contribution in [0.2, 0.25) is 0 Å². The van der Waals surface area contributed by atoms with Crippen molar-refractivity contribution in [2.75, 3.05) is 13.2 Å². The number of carbonyl (C=O) groups excluding carboxylic acids is 2. The second kappa shape index (κ2) is 9.94. The summed E-state index contributed by atoms with van der Waals surface area (Å²) in [6, 6.07) is 19.4. The summed E-state index contributed by atoms with van der Waals surface area (Å²) in [5.74, 6) is -0.742. The number of hydrogen-bond acceptors (Lipinski definition) is 5. The van der Waals surface area contributed by atoms with E-state index in [-0.39, 0.29) is 36.6 Å². The van der Waals surface area contributed by atoms with Crippen LogP contribution in [-0.4, -0.2) is 41.8 Å². The number of hydrogen-bond donors (Lipinski definition) is 3. The third-order valence-corrected chi connectivity index (χ3v) is 5.84. The molecule has 4 rings (SSSR count). The Balaban J connectivity index is 1.29. The fourth-order valence-electron chi connectivity index (χ4n) is 4.23. The molecular weight excluding hydrogens is 425 g/mol. The van der Waals surface area contributed by atoms with Crippen LogP contribution in [0.1, 0.15) is 45.5 Å². The maximum absolute atomic E-state index is 13.6. The molecular formula is C26H24FNO5. The van der Waals surface area contributed by atoms with E-state index < -0.39 is 24.1 Å². The SMILES string of the molecule is O=Cc1cc(F)cc(C(O)C(O)CCNC(=O)OCC2c3ccccc3-c3ccccc32)c1. The number of amides is 1. The van der Waals surface area contributed by atoms with Crippen molar-refractivity contribution in [1.29, 1.82) is 0 Å². The van der Waals surface area contributed by atoms with Crippen LogP contribution in [0.25, 0.3) is 11.1 Å². The number of benzene rings is 3. The number of alkyl carbamates (subject to hydrolysis) is 1. The van der Waals surface area contributed by atoms with Crippen molar-refractivity contribution in [3.8, 4) is 11.1 Å². The van der Waals surface area contributed by atoms with Crippen molar-refractivity contribution < 1.29 is 28.9 Å². The zero-order valence-electron chi connectivity index (χ0n) is 17.8. The number of ether oxygens (including phenoxy) is 1. The van der Waals surface area contributed by atoms with Gasteiger partial charge in [0.05, 0.1) is 6.10 Å². The van der Waals surface area contributed by atoms with E-state index in [1.165, 1.54) is 6.07 Å². The van der Waals surface area contributed by atoms with E-state index in [0.717, 1.165) is 34.4 Å². The minimum atomic E-state index is -1.40. The van der Waals surface area contributed by atoms with Gasteiger partial charge in [0.15, 0.2) is 0 Å². The fraction of sp³-hybridized carbons (Fsp3) is 0.231. The van der Waals surface area contributed by atoms with E-state index in [9.17, 15) is 24.2 Å². The van der Waals surface area contributed by atoms with Gasteiger partial charge >= 0.3 is 6.09 Å². The Morgan fingerprint density at radius 2 is 1.67 bits per heavy atom. The molecule has 3 aromatic rings. The summed E-state index contributed by atoms with van der Waals surface area (Å²) in [5, 5.41) is 23.0. The quantitative estimate of drug-likeness (QED) is 0.453. The van der Waals surface area contributed by atoms with E-state index >= 15 is 0 Å². The first-order chi connectivity index (χ1) is 16.0. The molecule has 0 radical (unpaired) electrons. The van der Waals surface area contributed by atoms with Gasteiger partial charge in [0.1, 0.15) is 24.8 Å². The Morgan fingerprint density at radius 1 is 1.03 bits per heavy atom. The molecule has 1 aliphatic rings. The summed E-state index contributed by atoms with van der Waals surface area (Å²) in [4.78, 5) is 23.1. The summed E-state index contributed by atoms with van der Waals surface area (Å²) in [7, 11) is 0. The number of nitrogens with one attached hydrogen (secondary N) is 1. The number of fused-ring (bicyclic) bond motifs is 3. The van der Waals surface area contributed by atoms with Gasteiger partial charge < -0.3 is 20.3 Å². The topological polar surface area (TPSA) is 95.9 Å². The van der Waals surface area contributed by atoms with Gasteiger partial charge in [-0.25, -0.2) is 9.18 Å². The van der Waals surface area contributed by atoms with Gasteiger partial charge in [0.2, 0.25) is 0 Å². The molecule has 0 aliphatic heterocycles. The maximum atomic E-state index is 13.6. The highest BCUT2D eigenvalue weighted by molar-refractivity contribution is 5.79. The van der Waals surface area contributed by atoms with Crippen LogP contribution in [0.3, 0.4) is 0 Å². The van der Waals surface area contributed by atoms with Gasteiger partial charge in [-0.05, 0) is 52.4 Å². The highest BCUT2D eigenvalue weighted by Crippen LogP contribution is 2.44. The highest BCUT2D eigenvalue weighted by atomic mass is 19.1. The van der Waals surface area contributed by atoms with Crippen LogP contribution in [0.15, 0.2) is 66.7 Å². The molecule has 170 valence electrons. The zero-order chi connectivity index (χ0) is 23.4. The lowest BCUT2D eigenvalue weighted by Gasteiger charge is -2.19. The molecule has 1 aliphatic carbocycles. The van der Waals surface area contributed by atoms with Crippen molar-refractivity contribution in [2.24, 2.45) is 0 Å². The molecule has 0 heterocycles. The van der Waals surface area contributed by atoms with Gasteiger partial charge in [0, 0.05) is 18.0 Å². The molecule has 7 heteroatoms. The number of halogens is 1. The normalized spacial score (nSPS) is 14.2. The van der Waals surface area contributed by atoms with Crippen LogP contribution in [-0.2, 0) is 4.74 Å². The van der Waals surface area contributed by atoms with Gasteiger partial charge in [0.25, 0.3) is 0 Å². The van der Waals surface area contributed by atoms with E-state index in [1.807, 2.05) is 36.4 Å². The third kappa shape index (κ3) is 4.94. The molecule has 3 N–H and O–H groups in total. The number of aldehydes is 1. The van der Waals surface area contributed by atoms with Crippen LogP contribution in [0, 0.1) is 5.82 Å². The average Bonchev–Trinajstić information content (AvgIpc) is 3.15. The molecule has 33 heavy (non-hydrogen) atoms.